The van der Waals surface area contributed by atoms with E-state index in [1.54, 1.807) is 25.3 Å². The standard InChI is InChI=1S/C7H6O/c1-8-7-5-3-2-4-6-7/h2-3,6H,1H3. The molecule has 0 aliphatic heterocycles. The molecule has 0 saturated carbocycles. The lowest BCUT2D eigenvalue weighted by Crippen LogP contribution is -1.79. The zero-order valence-electron chi connectivity index (χ0n) is 4.64. The van der Waals surface area contributed by atoms with E-state index in [-0.39, 0.29) is 0 Å². The van der Waals surface area contributed by atoms with E-state index >= 15 is 0 Å². The quantitative estimate of drug-likeness (QED) is 0.524. The Bertz CT molecular complexity index is 146. The van der Waals surface area contributed by atoms with Crippen LogP contribution in [0.4, 0.5) is 0 Å². The van der Waals surface area contributed by atoms with Crippen LogP contribution in [0.2, 0.25) is 0 Å². The van der Waals surface area contributed by atoms with Gasteiger partial charge in [-0.2, -0.15) is 0 Å². The highest BCUT2D eigenvalue weighted by atomic mass is 16.5. The van der Waals surface area contributed by atoms with Crippen LogP contribution < -0.4 is 4.74 Å². The largest absolute Gasteiger partial charge is 0.496 e. The van der Waals surface area contributed by atoms with Crippen LogP contribution in [-0.2, 0) is 0 Å². The highest BCUT2D eigenvalue weighted by Crippen LogP contribution is 2.03. The van der Waals surface area contributed by atoms with E-state index in [1.807, 2.05) is 0 Å². The summed E-state index contributed by atoms with van der Waals surface area (Å²) < 4.78 is 4.83. The van der Waals surface area contributed by atoms with Gasteiger partial charge >= 0.3 is 0 Å². The van der Waals surface area contributed by atoms with Gasteiger partial charge in [-0.15, -0.1) is 0 Å². The van der Waals surface area contributed by atoms with Crippen molar-refractivity contribution in [2.75, 3.05) is 7.11 Å². The third-order valence-corrected chi connectivity index (χ3v) is 0.839. The molecule has 1 rings (SSSR count). The van der Waals surface area contributed by atoms with E-state index in [0.717, 1.165) is 5.75 Å². The van der Waals surface area contributed by atoms with Crippen molar-refractivity contribution in [2.24, 2.45) is 0 Å². The molecule has 40 valence electrons. The fraction of sp³-hybridized carbons (Fsp3) is 0.143. The van der Waals surface area contributed by atoms with Crippen molar-refractivity contribution in [3.63, 3.8) is 0 Å². The Morgan fingerprint density at radius 1 is 1.50 bits per heavy atom. The van der Waals surface area contributed by atoms with Crippen molar-refractivity contribution in [3.05, 3.63) is 30.3 Å². The van der Waals surface area contributed by atoms with Crippen molar-refractivity contribution < 1.29 is 4.74 Å². The Kier molecular flexibility index (Phi) is 1.52. The summed E-state index contributed by atoms with van der Waals surface area (Å²) in [6.45, 7) is 0. The van der Waals surface area contributed by atoms with Gasteiger partial charge in [0.05, 0.1) is 7.11 Å². The Hall–Kier alpha value is -0.980. The number of hydrogen-bond donors (Lipinski definition) is 0. The first kappa shape index (κ1) is 5.16. The molecule has 1 aromatic rings. The smallest absolute Gasteiger partial charge is 0.127 e. The SMILES string of the molecule is COc1[c]cc[c]c1. The topological polar surface area (TPSA) is 9.23 Å². The van der Waals surface area contributed by atoms with Crippen molar-refractivity contribution in [3.8, 4) is 5.75 Å². The maximum Gasteiger partial charge on any atom is 0.127 e. The lowest BCUT2D eigenvalue weighted by Gasteiger charge is -1.92. The van der Waals surface area contributed by atoms with Crippen LogP contribution in [0.3, 0.4) is 0 Å². The van der Waals surface area contributed by atoms with Gasteiger partial charge in [-0.3, -0.25) is 0 Å². The van der Waals surface area contributed by atoms with E-state index in [9.17, 15) is 0 Å². The Labute approximate surface area is 48.9 Å². The molecule has 0 atom stereocenters. The van der Waals surface area contributed by atoms with Gasteiger partial charge in [0.15, 0.2) is 0 Å². The summed E-state index contributed by atoms with van der Waals surface area (Å²) in [6, 6.07) is 11.0. The highest BCUT2D eigenvalue weighted by Gasteiger charge is 1.81. The number of methoxy groups -OCH3 is 1. The molecular formula is C7H6O. The lowest BCUT2D eigenvalue weighted by atomic mass is 10.3. The summed E-state index contributed by atoms with van der Waals surface area (Å²) in [6.07, 6.45) is 0. The monoisotopic (exact) mass is 106 g/mol. The zero-order chi connectivity index (χ0) is 5.82. The second kappa shape index (κ2) is 2.36. The van der Waals surface area contributed by atoms with Crippen molar-refractivity contribution in [2.45, 2.75) is 0 Å². The molecule has 8 heavy (non-hydrogen) atoms. The maximum absolute atomic E-state index is 4.83. The minimum atomic E-state index is 0.729. The van der Waals surface area contributed by atoms with E-state index in [1.165, 1.54) is 0 Å². The van der Waals surface area contributed by atoms with Crippen molar-refractivity contribution >= 4 is 0 Å². The minimum absolute atomic E-state index is 0.729. The van der Waals surface area contributed by atoms with Gasteiger partial charge in [-0.25, -0.2) is 0 Å². The maximum atomic E-state index is 4.83. The molecule has 0 aliphatic carbocycles. The van der Waals surface area contributed by atoms with Gasteiger partial charge in [0.1, 0.15) is 5.75 Å². The van der Waals surface area contributed by atoms with Gasteiger partial charge in [0, 0.05) is 6.07 Å². The van der Waals surface area contributed by atoms with E-state index in [0.29, 0.717) is 0 Å². The average molecular weight is 106 g/mol. The molecule has 0 aromatic heterocycles. The van der Waals surface area contributed by atoms with Gasteiger partial charge in [-0.1, -0.05) is 6.07 Å². The number of benzene rings is 1. The van der Waals surface area contributed by atoms with Crippen LogP contribution in [-0.4, -0.2) is 7.11 Å². The predicted molar refractivity (Wildman–Crippen MR) is 30.7 cm³/mol. The number of ether oxygens (including phenoxy) is 1. The first-order valence-corrected chi connectivity index (χ1v) is 2.35. The molecule has 1 aromatic carbocycles. The zero-order valence-corrected chi connectivity index (χ0v) is 4.64. The fourth-order valence-corrected chi connectivity index (χ4v) is 0.455. The van der Waals surface area contributed by atoms with Gasteiger partial charge < -0.3 is 4.74 Å². The summed E-state index contributed by atoms with van der Waals surface area (Å²) in [5, 5.41) is 0. The van der Waals surface area contributed by atoms with Gasteiger partial charge in [0.2, 0.25) is 0 Å². The molecule has 1 heteroatoms. The fourth-order valence-electron chi connectivity index (χ4n) is 0.455. The second-order valence-corrected chi connectivity index (χ2v) is 1.36. The first-order valence-electron chi connectivity index (χ1n) is 2.35. The van der Waals surface area contributed by atoms with Crippen LogP contribution in [0, 0.1) is 12.1 Å². The molecule has 0 aliphatic rings. The molecule has 0 heterocycles. The van der Waals surface area contributed by atoms with Crippen LogP contribution in [0.15, 0.2) is 18.2 Å². The highest BCUT2D eigenvalue weighted by molar-refractivity contribution is 5.17. The van der Waals surface area contributed by atoms with Crippen LogP contribution in [0.5, 0.6) is 5.75 Å². The van der Waals surface area contributed by atoms with Crippen LogP contribution in [0.25, 0.3) is 0 Å². The normalized spacial score (nSPS) is 8.62. The summed E-state index contributed by atoms with van der Waals surface area (Å²) in [5.74, 6) is 0.729. The predicted octanol–water partition coefficient (Wildman–Crippen LogP) is 1.30. The molecule has 0 amide bonds. The van der Waals surface area contributed by atoms with E-state index < -0.39 is 0 Å². The summed E-state index contributed by atoms with van der Waals surface area (Å²) in [4.78, 5) is 0. The third-order valence-electron chi connectivity index (χ3n) is 0.839. The summed E-state index contributed by atoms with van der Waals surface area (Å²) in [7, 11) is 1.61. The third kappa shape index (κ3) is 0.997. The molecule has 0 unspecified atom stereocenters. The Morgan fingerprint density at radius 3 is 2.75 bits per heavy atom. The number of hydrogen-bond acceptors (Lipinski definition) is 1. The number of rotatable bonds is 1. The molecule has 0 N–H and O–H groups in total. The Balaban J connectivity index is 2.83. The second-order valence-electron chi connectivity index (χ2n) is 1.36. The van der Waals surface area contributed by atoms with Gasteiger partial charge in [-0.05, 0) is 18.2 Å². The van der Waals surface area contributed by atoms with E-state index in [4.69, 9.17) is 4.74 Å². The molecule has 2 radical (unpaired) electrons. The molecule has 0 fully saturated rings. The minimum Gasteiger partial charge on any atom is -0.496 e. The summed E-state index contributed by atoms with van der Waals surface area (Å²) >= 11 is 0. The lowest BCUT2D eigenvalue weighted by molar-refractivity contribution is 0.414. The summed E-state index contributed by atoms with van der Waals surface area (Å²) in [5.41, 5.74) is 0. The molecule has 0 bridgehead atoms. The molecule has 1 nitrogen and oxygen atoms in total. The van der Waals surface area contributed by atoms with E-state index in [2.05, 4.69) is 12.1 Å². The van der Waals surface area contributed by atoms with Crippen molar-refractivity contribution in [1.29, 1.82) is 0 Å². The first-order chi connectivity index (χ1) is 3.93. The van der Waals surface area contributed by atoms with Gasteiger partial charge in [0.25, 0.3) is 0 Å². The molecular weight excluding hydrogens is 100 g/mol. The van der Waals surface area contributed by atoms with Crippen LogP contribution >= 0.6 is 0 Å². The van der Waals surface area contributed by atoms with Crippen molar-refractivity contribution in [1.82, 2.24) is 0 Å². The average Bonchev–Trinajstić information content (AvgIpc) is 1.90. The molecule has 0 spiro atoms. The van der Waals surface area contributed by atoms with Crippen LogP contribution in [0.1, 0.15) is 0 Å². The Morgan fingerprint density at radius 2 is 2.38 bits per heavy atom. The molecule has 0 saturated heterocycles.